The summed E-state index contributed by atoms with van der Waals surface area (Å²) >= 11 is 8.03. The first-order chi connectivity index (χ1) is 35.4. The van der Waals surface area contributed by atoms with Gasteiger partial charge in [0.1, 0.15) is 28.4 Å². The Kier molecular flexibility index (Phi) is 15.4. The number of hydrogen-bond donors (Lipinski definition) is 3. The third-order valence-corrected chi connectivity index (χ3v) is 16.7. The zero-order valence-electron chi connectivity index (χ0n) is 42.5. The molecule has 73 heavy (non-hydrogen) atoms. The lowest BCUT2D eigenvalue weighted by Gasteiger charge is -2.39. The van der Waals surface area contributed by atoms with Gasteiger partial charge in [-0.25, -0.2) is 0 Å². The number of phenols is 2. The van der Waals surface area contributed by atoms with E-state index < -0.39 is 6.04 Å². The van der Waals surface area contributed by atoms with Gasteiger partial charge in [-0.15, -0.1) is 31.7 Å². The van der Waals surface area contributed by atoms with Crippen LogP contribution in [0.5, 0.6) is 11.5 Å². The summed E-state index contributed by atoms with van der Waals surface area (Å²) in [6.45, 7) is 18.8. The standard InChI is InChI=1S/C55H67ClN12O4S/c1-5-9-41-30-44(47(70)32-46(41)69)51-60-62-53(54(72)57-20-25-63-21-7-6-8-22-63)68(51)43-16-10-38(11-17-43)33-64-26-28-65(29-27-64)34-39-18-23-66(24-19-39)48(71)31-45-52-61-59-37(4)67(52)55-49(35(2)36(3)73-55)50(58-45)40-12-14-42(56)15-13-40/h10-17,30,32,39,45,69-70H,5-9,18-29,31,33-34H2,1-4H3,(H,57,72)/t45-/m0/s1. The van der Waals surface area contributed by atoms with Gasteiger partial charge < -0.3 is 30.2 Å². The number of piperidine rings is 2. The van der Waals surface area contributed by atoms with E-state index in [0.29, 0.717) is 52.4 Å². The molecule has 10 rings (SSSR count). The first-order valence-electron chi connectivity index (χ1n) is 26.1. The SMILES string of the molecule is CCCc1cc(-c2nnc(C(=O)NCCN3CCCCC3)n2-c2ccc(CN3CCN(CC4CCN(C(=O)C[C@@H]5N=C(c6ccc(Cl)cc6)c6c(sc(C)c6C)-n6c(C)nnc65)CC4)CC3)cc2)c(O)cc1O. The molecule has 3 saturated heterocycles. The first-order valence-corrected chi connectivity index (χ1v) is 27.3. The van der Waals surface area contributed by atoms with Gasteiger partial charge >= 0.3 is 0 Å². The fraction of sp³-hybridized carbons (Fsp3) is 0.473. The molecule has 16 nitrogen and oxygen atoms in total. The molecular formula is C55H67ClN12O4S. The molecule has 0 spiro atoms. The number of aliphatic imine (C=N–C) groups is 1. The van der Waals surface area contributed by atoms with Gasteiger partial charge in [-0.05, 0) is 119 Å². The molecule has 3 aromatic carbocycles. The number of halogens is 1. The fourth-order valence-corrected chi connectivity index (χ4v) is 12.3. The molecule has 3 N–H and O–H groups in total. The number of hydrogen-bond acceptors (Lipinski definition) is 13. The zero-order valence-corrected chi connectivity index (χ0v) is 44.1. The summed E-state index contributed by atoms with van der Waals surface area (Å²) in [6, 6.07) is 18.5. The number of rotatable bonds is 15. The van der Waals surface area contributed by atoms with Gasteiger partial charge in [0.05, 0.1) is 17.7 Å². The molecule has 384 valence electrons. The summed E-state index contributed by atoms with van der Waals surface area (Å²) in [5.41, 5.74) is 6.99. The molecular weight excluding hydrogens is 960 g/mol. The van der Waals surface area contributed by atoms with Crippen LogP contribution in [0.4, 0.5) is 0 Å². The minimum atomic E-state index is -0.483. The number of carbonyl (C=O) groups is 2. The van der Waals surface area contributed by atoms with Gasteiger partial charge in [0.25, 0.3) is 5.91 Å². The van der Waals surface area contributed by atoms with Gasteiger partial charge in [-0.2, -0.15) is 0 Å². The summed E-state index contributed by atoms with van der Waals surface area (Å²) in [5.74, 6) is 2.12. The van der Waals surface area contributed by atoms with E-state index in [0.717, 1.165) is 124 Å². The van der Waals surface area contributed by atoms with Crippen molar-refractivity contribution in [2.24, 2.45) is 10.9 Å². The van der Waals surface area contributed by atoms with Crippen molar-refractivity contribution >= 4 is 40.5 Å². The summed E-state index contributed by atoms with van der Waals surface area (Å²) in [6.07, 6.45) is 7.20. The predicted molar refractivity (Wildman–Crippen MR) is 286 cm³/mol. The maximum absolute atomic E-state index is 14.2. The van der Waals surface area contributed by atoms with E-state index in [9.17, 15) is 19.8 Å². The number of aryl methyl sites for hydroxylation is 3. The highest BCUT2D eigenvalue weighted by Gasteiger charge is 2.35. The molecule has 3 aromatic heterocycles. The number of aromatic hydroxyl groups is 2. The van der Waals surface area contributed by atoms with E-state index in [1.807, 2.05) is 55.1 Å². The van der Waals surface area contributed by atoms with Crippen LogP contribution in [0.3, 0.4) is 0 Å². The molecule has 1 atom stereocenters. The Hall–Kier alpha value is -5.98. The van der Waals surface area contributed by atoms with Crippen molar-refractivity contribution in [3.05, 3.63) is 116 Å². The smallest absolute Gasteiger partial charge is 0.289 e. The molecule has 2 amide bonds. The molecule has 4 aliphatic rings. The number of thiophene rings is 1. The largest absolute Gasteiger partial charge is 0.508 e. The summed E-state index contributed by atoms with van der Waals surface area (Å²) in [7, 11) is 0. The minimum Gasteiger partial charge on any atom is -0.508 e. The van der Waals surface area contributed by atoms with Crippen LogP contribution in [0, 0.1) is 26.7 Å². The van der Waals surface area contributed by atoms with Gasteiger partial charge in [0, 0.05) is 98.2 Å². The van der Waals surface area contributed by atoms with E-state index in [1.165, 1.54) is 35.8 Å². The molecule has 3 fully saturated rings. The summed E-state index contributed by atoms with van der Waals surface area (Å²) < 4.78 is 3.82. The Labute approximate surface area is 436 Å². The Morgan fingerprint density at radius 3 is 2.25 bits per heavy atom. The van der Waals surface area contributed by atoms with Crippen molar-refractivity contribution in [2.45, 2.75) is 91.6 Å². The van der Waals surface area contributed by atoms with Gasteiger partial charge in [-0.1, -0.05) is 55.6 Å². The highest BCUT2D eigenvalue weighted by molar-refractivity contribution is 7.15. The highest BCUT2D eigenvalue weighted by Crippen LogP contribution is 2.41. The number of carbonyl (C=O) groups excluding carboxylic acids is 2. The number of phenolic OH excluding ortho intramolecular Hbond substituents is 2. The third kappa shape index (κ3) is 11.0. The predicted octanol–water partition coefficient (Wildman–Crippen LogP) is 8.07. The van der Waals surface area contributed by atoms with Crippen LogP contribution in [0.15, 0.2) is 65.7 Å². The van der Waals surface area contributed by atoms with E-state index >= 15 is 0 Å². The molecule has 0 aliphatic carbocycles. The van der Waals surface area contributed by atoms with Crippen molar-refractivity contribution in [1.82, 2.24) is 54.4 Å². The number of aromatic nitrogens is 6. The number of fused-ring (bicyclic) bond motifs is 3. The Morgan fingerprint density at radius 1 is 0.795 bits per heavy atom. The molecule has 7 heterocycles. The maximum Gasteiger partial charge on any atom is 0.289 e. The number of nitrogens with one attached hydrogen (secondary N) is 1. The number of nitrogens with zero attached hydrogens (tertiary/aromatic N) is 11. The Balaban J connectivity index is 0.747. The van der Waals surface area contributed by atoms with Crippen LogP contribution in [-0.2, 0) is 17.8 Å². The maximum atomic E-state index is 14.2. The van der Waals surface area contributed by atoms with Gasteiger partial charge in [0.2, 0.25) is 11.7 Å². The van der Waals surface area contributed by atoms with E-state index in [4.69, 9.17) is 16.6 Å². The van der Waals surface area contributed by atoms with Crippen LogP contribution in [0.25, 0.3) is 22.1 Å². The monoisotopic (exact) mass is 1030 g/mol. The second-order valence-electron chi connectivity index (χ2n) is 20.3. The molecule has 6 aromatic rings. The lowest BCUT2D eigenvalue weighted by molar-refractivity contribution is -0.133. The molecule has 18 heteroatoms. The lowest BCUT2D eigenvalue weighted by Crippen LogP contribution is -2.48. The second kappa shape index (κ2) is 22.2. The Morgan fingerprint density at radius 2 is 1.52 bits per heavy atom. The van der Waals surface area contributed by atoms with Crippen LogP contribution in [0.1, 0.15) is 113 Å². The summed E-state index contributed by atoms with van der Waals surface area (Å²) in [5, 5.41) is 44.4. The first kappa shape index (κ1) is 50.5. The number of likely N-dealkylation sites (tertiary alicyclic amines) is 2. The van der Waals surface area contributed by atoms with Crippen molar-refractivity contribution in [3.63, 3.8) is 0 Å². The zero-order chi connectivity index (χ0) is 50.8. The molecule has 4 aliphatic heterocycles. The van der Waals surface area contributed by atoms with Crippen molar-refractivity contribution in [1.29, 1.82) is 0 Å². The van der Waals surface area contributed by atoms with Crippen molar-refractivity contribution in [3.8, 4) is 33.6 Å². The normalized spacial score (nSPS) is 18.1. The van der Waals surface area contributed by atoms with Crippen LogP contribution < -0.4 is 5.32 Å². The van der Waals surface area contributed by atoms with Crippen LogP contribution in [-0.4, -0.2) is 149 Å². The van der Waals surface area contributed by atoms with Crippen LogP contribution in [0.2, 0.25) is 5.02 Å². The number of amides is 2. The number of benzene rings is 3. The number of piperazine rings is 1. The molecule has 0 bridgehead atoms. The van der Waals surface area contributed by atoms with E-state index in [1.54, 1.807) is 22.0 Å². The average Bonchev–Trinajstić information content (AvgIpc) is 4.07. The molecule has 0 radical (unpaired) electrons. The molecule has 0 unspecified atom stereocenters. The van der Waals surface area contributed by atoms with Gasteiger partial charge in [-0.3, -0.25) is 28.6 Å². The van der Waals surface area contributed by atoms with Crippen LogP contribution >= 0.6 is 22.9 Å². The third-order valence-electron chi connectivity index (χ3n) is 15.3. The molecule has 0 saturated carbocycles. The van der Waals surface area contributed by atoms with Crippen molar-refractivity contribution < 1.29 is 19.8 Å². The van der Waals surface area contributed by atoms with Crippen molar-refractivity contribution in [2.75, 3.05) is 72.0 Å². The summed E-state index contributed by atoms with van der Waals surface area (Å²) in [4.78, 5) is 43.9. The second-order valence-corrected chi connectivity index (χ2v) is 21.9. The lowest BCUT2D eigenvalue weighted by atomic mass is 9.95. The Bertz CT molecular complexity index is 2960. The van der Waals surface area contributed by atoms with Gasteiger partial charge in [0.15, 0.2) is 11.6 Å². The quantitative estimate of drug-likeness (QED) is 0.0908. The topological polar surface area (TPSA) is 173 Å². The highest BCUT2D eigenvalue weighted by atomic mass is 35.5. The van der Waals surface area contributed by atoms with E-state index in [-0.39, 0.29) is 35.6 Å². The minimum absolute atomic E-state index is 0.0258. The average molecular weight is 1030 g/mol. The van der Waals surface area contributed by atoms with E-state index in [2.05, 4.69) is 71.0 Å². The fourth-order valence-electron chi connectivity index (χ4n) is 11.0.